The van der Waals surface area contributed by atoms with Crippen molar-refractivity contribution < 1.29 is 17.3 Å². The minimum atomic E-state index is 0. The van der Waals surface area contributed by atoms with Crippen LogP contribution in [0.2, 0.25) is 0 Å². The van der Waals surface area contributed by atoms with Crippen molar-refractivity contribution in [2.75, 3.05) is 25.4 Å². The molecule has 0 radical (unpaired) electrons. The minimum Gasteiger partial charge on any atom is -1.00 e. The van der Waals surface area contributed by atoms with E-state index in [0.29, 0.717) is 0 Å². The molecular weight excluding hydrogens is 322 g/mol. The summed E-state index contributed by atoms with van der Waals surface area (Å²) in [4.78, 5) is 1.68. The molecule has 0 saturated carbocycles. The number of hydrogen-bond acceptors (Lipinski definition) is 1. The lowest BCUT2D eigenvalue weighted by Crippen LogP contribution is -3.11. The average molecular weight is 350 g/mol. The van der Waals surface area contributed by atoms with Crippen LogP contribution in [-0.2, 0) is 4.75 Å². The Balaban J connectivity index is 0.00000264. The average Bonchev–Trinajstić information content (AvgIpc) is 2.60. The summed E-state index contributed by atoms with van der Waals surface area (Å²) in [5.41, 5.74) is 2.78. The van der Waals surface area contributed by atoms with E-state index in [4.69, 9.17) is 0 Å². The van der Waals surface area contributed by atoms with E-state index in [0.717, 1.165) is 0 Å². The van der Waals surface area contributed by atoms with Crippen LogP contribution in [0.15, 0.2) is 60.7 Å². The molecule has 2 aromatic rings. The number of hydrogen-bond donors (Lipinski definition) is 1. The van der Waals surface area contributed by atoms with Crippen molar-refractivity contribution in [3.8, 4) is 0 Å². The van der Waals surface area contributed by atoms with E-state index < -0.39 is 0 Å². The molecule has 0 atom stereocenters. The molecule has 23 heavy (non-hydrogen) atoms. The molecule has 0 bridgehead atoms. The van der Waals surface area contributed by atoms with Crippen LogP contribution in [0.3, 0.4) is 0 Å². The Kier molecular flexibility index (Phi) is 8.75. The molecule has 3 heteroatoms. The van der Waals surface area contributed by atoms with Gasteiger partial charge in [-0.1, -0.05) is 60.7 Å². The first-order chi connectivity index (χ1) is 10.7. The predicted octanol–water partition coefficient (Wildman–Crippen LogP) is 0.612. The summed E-state index contributed by atoms with van der Waals surface area (Å²) in [5, 5.41) is 0. The minimum absolute atomic E-state index is 0. The van der Waals surface area contributed by atoms with Crippen LogP contribution < -0.4 is 17.3 Å². The van der Waals surface area contributed by atoms with Gasteiger partial charge in [0.05, 0.1) is 24.4 Å². The molecule has 0 aromatic heterocycles. The molecule has 2 aromatic carbocycles. The normalized spacial score (nSPS) is 11.3. The summed E-state index contributed by atoms with van der Waals surface area (Å²) < 4.78 is 0.0229. The SMILES string of the molecule is CC[NH+](CC)CCSC(C)(c1ccccc1)c1ccccc1.[Cl-]. The van der Waals surface area contributed by atoms with Gasteiger partial charge < -0.3 is 17.3 Å². The molecule has 0 saturated heterocycles. The number of thioether (sulfide) groups is 1. The maximum Gasteiger partial charge on any atom is 0.0863 e. The molecule has 0 fully saturated rings. The highest BCUT2D eigenvalue weighted by Gasteiger charge is 2.29. The fraction of sp³-hybridized carbons (Fsp3) is 0.400. The molecule has 0 spiro atoms. The molecule has 0 amide bonds. The molecule has 0 heterocycles. The Morgan fingerprint density at radius 1 is 0.826 bits per heavy atom. The summed E-state index contributed by atoms with van der Waals surface area (Å²) in [7, 11) is 0. The molecule has 0 aliphatic rings. The van der Waals surface area contributed by atoms with E-state index in [1.165, 1.54) is 36.5 Å². The maximum absolute atomic E-state index is 2.36. The smallest absolute Gasteiger partial charge is 0.0863 e. The highest BCUT2D eigenvalue weighted by atomic mass is 35.5. The van der Waals surface area contributed by atoms with E-state index in [1.807, 2.05) is 0 Å². The summed E-state index contributed by atoms with van der Waals surface area (Å²) in [6.07, 6.45) is 0. The van der Waals surface area contributed by atoms with Gasteiger partial charge in [0, 0.05) is 5.75 Å². The van der Waals surface area contributed by atoms with Gasteiger partial charge in [-0.25, -0.2) is 0 Å². The summed E-state index contributed by atoms with van der Waals surface area (Å²) in [6, 6.07) is 21.8. The lowest BCUT2D eigenvalue weighted by Gasteiger charge is -2.31. The van der Waals surface area contributed by atoms with Crippen LogP contribution in [0.5, 0.6) is 0 Å². The molecule has 0 unspecified atom stereocenters. The van der Waals surface area contributed by atoms with Crippen molar-refractivity contribution in [2.45, 2.75) is 25.5 Å². The quantitative estimate of drug-likeness (QED) is 0.731. The lowest BCUT2D eigenvalue weighted by molar-refractivity contribution is -0.893. The van der Waals surface area contributed by atoms with Crippen molar-refractivity contribution in [3.63, 3.8) is 0 Å². The Hall–Kier alpha value is -0.960. The number of nitrogens with one attached hydrogen (secondary N) is 1. The first-order valence-electron chi connectivity index (χ1n) is 8.29. The van der Waals surface area contributed by atoms with Crippen molar-refractivity contribution in [1.82, 2.24) is 0 Å². The molecule has 1 N–H and O–H groups in total. The second-order valence-electron chi connectivity index (χ2n) is 5.82. The van der Waals surface area contributed by atoms with Gasteiger partial charge in [0.2, 0.25) is 0 Å². The maximum atomic E-state index is 2.36. The third kappa shape index (κ3) is 5.27. The third-order valence-electron chi connectivity index (χ3n) is 4.50. The van der Waals surface area contributed by atoms with Crippen LogP contribution >= 0.6 is 11.8 Å². The molecule has 0 aliphatic heterocycles. The largest absolute Gasteiger partial charge is 1.00 e. The van der Waals surface area contributed by atoms with Crippen molar-refractivity contribution in [3.05, 3.63) is 71.8 Å². The van der Waals surface area contributed by atoms with Crippen molar-refractivity contribution in [2.24, 2.45) is 0 Å². The van der Waals surface area contributed by atoms with E-state index in [-0.39, 0.29) is 17.2 Å². The Morgan fingerprint density at radius 3 is 1.65 bits per heavy atom. The molecular formula is C20H28ClNS. The van der Waals surface area contributed by atoms with E-state index in [9.17, 15) is 0 Å². The van der Waals surface area contributed by atoms with Crippen LogP contribution in [0.4, 0.5) is 0 Å². The predicted molar refractivity (Wildman–Crippen MR) is 98.7 cm³/mol. The first-order valence-corrected chi connectivity index (χ1v) is 9.27. The topological polar surface area (TPSA) is 4.44 Å². The fourth-order valence-electron chi connectivity index (χ4n) is 2.85. The van der Waals surface area contributed by atoms with Crippen molar-refractivity contribution >= 4 is 11.8 Å². The molecule has 126 valence electrons. The molecule has 0 aliphatic carbocycles. The van der Waals surface area contributed by atoms with Gasteiger partial charge in [-0.3, -0.25) is 0 Å². The van der Waals surface area contributed by atoms with Crippen LogP contribution in [0, 0.1) is 0 Å². The van der Waals surface area contributed by atoms with Gasteiger partial charge in [-0.2, -0.15) is 0 Å². The monoisotopic (exact) mass is 349 g/mol. The highest BCUT2D eigenvalue weighted by molar-refractivity contribution is 8.00. The van der Waals surface area contributed by atoms with Gasteiger partial charge >= 0.3 is 0 Å². The van der Waals surface area contributed by atoms with Gasteiger partial charge in [-0.05, 0) is 31.9 Å². The number of rotatable bonds is 8. The summed E-state index contributed by atoms with van der Waals surface area (Å²) >= 11 is 2.07. The Morgan fingerprint density at radius 2 is 1.26 bits per heavy atom. The number of halogens is 1. The van der Waals surface area contributed by atoms with Crippen LogP contribution in [0.25, 0.3) is 0 Å². The van der Waals surface area contributed by atoms with Crippen LogP contribution in [0.1, 0.15) is 31.9 Å². The third-order valence-corrected chi connectivity index (χ3v) is 5.95. The second-order valence-corrected chi connectivity index (χ2v) is 7.33. The molecule has 2 rings (SSSR count). The number of benzene rings is 2. The standard InChI is InChI=1S/C20H27NS.ClH/c1-4-21(5-2)16-17-22-20(3,18-12-8-6-9-13-18)19-14-10-7-11-15-19;/h6-15H,4-5,16-17H2,1-3H3;1H. The van der Waals surface area contributed by atoms with Gasteiger partial charge in [-0.15, -0.1) is 11.8 Å². The van der Waals surface area contributed by atoms with E-state index >= 15 is 0 Å². The van der Waals surface area contributed by atoms with Gasteiger partial charge in [0.15, 0.2) is 0 Å². The highest BCUT2D eigenvalue weighted by Crippen LogP contribution is 2.41. The molecule has 1 nitrogen and oxygen atoms in total. The second kappa shape index (κ2) is 10.0. The van der Waals surface area contributed by atoms with Gasteiger partial charge in [0.25, 0.3) is 0 Å². The van der Waals surface area contributed by atoms with Crippen molar-refractivity contribution in [1.29, 1.82) is 0 Å². The zero-order chi connectivity index (χ0) is 15.8. The zero-order valence-corrected chi connectivity index (χ0v) is 16.0. The summed E-state index contributed by atoms with van der Waals surface area (Å²) in [5.74, 6) is 1.18. The van der Waals surface area contributed by atoms with Crippen LogP contribution in [-0.4, -0.2) is 25.4 Å². The number of quaternary nitrogens is 1. The fourth-order valence-corrected chi connectivity index (χ4v) is 4.25. The zero-order valence-electron chi connectivity index (χ0n) is 14.4. The first kappa shape index (κ1) is 20.1. The Labute approximate surface area is 151 Å². The summed E-state index contributed by atoms with van der Waals surface area (Å²) in [6.45, 7) is 10.6. The Bertz CT molecular complexity index is 501. The lowest BCUT2D eigenvalue weighted by atomic mass is 9.92. The van der Waals surface area contributed by atoms with E-state index in [2.05, 4.69) is 93.2 Å². The van der Waals surface area contributed by atoms with Gasteiger partial charge in [0.1, 0.15) is 0 Å². The van der Waals surface area contributed by atoms with E-state index in [1.54, 1.807) is 4.90 Å².